The summed E-state index contributed by atoms with van der Waals surface area (Å²) in [5.74, 6) is 0.825. The molecule has 0 N–H and O–H groups in total. The molecule has 5 heteroatoms. The van der Waals surface area contributed by atoms with Crippen molar-refractivity contribution >= 4 is 12.1 Å². The Morgan fingerprint density at radius 1 is 1.12 bits per heavy atom. The van der Waals surface area contributed by atoms with Crippen molar-refractivity contribution in [2.75, 3.05) is 13.8 Å². The Bertz CT molecular complexity index is 510. The Kier molecular flexibility index (Phi) is 7.09. The van der Waals surface area contributed by atoms with Crippen molar-refractivity contribution in [3.8, 4) is 0 Å². The van der Waals surface area contributed by atoms with Crippen molar-refractivity contribution in [3.05, 3.63) is 12.2 Å². The molecule has 0 radical (unpaired) electrons. The van der Waals surface area contributed by atoms with Gasteiger partial charge in [-0.1, -0.05) is 26.3 Å². The van der Waals surface area contributed by atoms with Crippen LogP contribution in [0.3, 0.4) is 0 Å². The van der Waals surface area contributed by atoms with Gasteiger partial charge in [-0.05, 0) is 57.3 Å². The van der Waals surface area contributed by atoms with Gasteiger partial charge in [0.05, 0.1) is 5.54 Å². The molecule has 0 aromatic carbocycles. The summed E-state index contributed by atoms with van der Waals surface area (Å²) in [7, 11) is 1.80. The van der Waals surface area contributed by atoms with Gasteiger partial charge in [0.15, 0.2) is 0 Å². The number of fused-ring (bicyclic) bond motifs is 2. The van der Waals surface area contributed by atoms with Crippen LogP contribution in [0, 0.1) is 17.3 Å². The average molecular weight is 354 g/mol. The van der Waals surface area contributed by atoms with E-state index in [1.165, 1.54) is 24.8 Å². The Morgan fingerprint density at radius 2 is 1.64 bits per heavy atom. The van der Waals surface area contributed by atoms with Crippen LogP contribution in [-0.4, -0.2) is 36.3 Å². The lowest BCUT2D eigenvalue weighted by molar-refractivity contribution is -0.152. The fourth-order valence-corrected chi connectivity index (χ4v) is 4.33. The summed E-state index contributed by atoms with van der Waals surface area (Å²) in [4.78, 5) is 25.1. The molecule has 3 unspecified atom stereocenters. The van der Waals surface area contributed by atoms with Gasteiger partial charge >= 0.3 is 12.1 Å². The van der Waals surface area contributed by atoms with E-state index in [0.717, 1.165) is 0 Å². The molecule has 25 heavy (non-hydrogen) atoms. The predicted molar refractivity (Wildman–Crippen MR) is 99.0 cm³/mol. The van der Waals surface area contributed by atoms with E-state index in [0.29, 0.717) is 11.8 Å². The van der Waals surface area contributed by atoms with Gasteiger partial charge in [0.1, 0.15) is 0 Å². The van der Waals surface area contributed by atoms with Gasteiger partial charge in [-0.3, -0.25) is 4.79 Å². The first kappa shape index (κ1) is 21.5. The minimum absolute atomic E-state index is 0.0732. The van der Waals surface area contributed by atoms with Crippen molar-refractivity contribution in [3.63, 3.8) is 0 Å². The third kappa shape index (κ3) is 4.36. The number of hydrogen-bond donors (Lipinski definition) is 0. The summed E-state index contributed by atoms with van der Waals surface area (Å²) in [6, 6.07) is 0. The first-order chi connectivity index (χ1) is 11.5. The van der Waals surface area contributed by atoms with Gasteiger partial charge in [0.25, 0.3) is 0 Å². The molecule has 2 rings (SSSR count). The Balaban J connectivity index is 0.000000705. The lowest BCUT2D eigenvalue weighted by Gasteiger charge is -2.52. The molecule has 0 aromatic rings. The van der Waals surface area contributed by atoms with Crippen LogP contribution in [0.2, 0.25) is 0 Å². The molecule has 2 saturated carbocycles. The molecule has 0 aromatic heterocycles. The smallest absolute Gasteiger partial charge is 0.412 e. The molecule has 1 amide bonds. The monoisotopic (exact) mass is 353 g/mol. The molecule has 0 aliphatic heterocycles. The molecule has 0 heterocycles. The maximum atomic E-state index is 12.3. The van der Waals surface area contributed by atoms with Crippen molar-refractivity contribution in [2.45, 2.75) is 72.8 Å². The highest BCUT2D eigenvalue weighted by molar-refractivity contribution is 5.70. The summed E-state index contributed by atoms with van der Waals surface area (Å²) in [5.41, 5.74) is 1.03. The zero-order valence-electron chi connectivity index (χ0n) is 17.0. The topological polar surface area (TPSA) is 55.8 Å². The quantitative estimate of drug-likeness (QED) is 0.415. The van der Waals surface area contributed by atoms with Gasteiger partial charge in [-0.25, -0.2) is 4.79 Å². The normalized spacial score (nSPS) is 28.6. The lowest BCUT2D eigenvalue weighted by atomic mass is 9.63. The Morgan fingerprint density at radius 3 is 2.08 bits per heavy atom. The third-order valence-corrected chi connectivity index (χ3v) is 6.21. The van der Waals surface area contributed by atoms with Crippen LogP contribution in [0.25, 0.3) is 0 Å². The molecule has 2 aliphatic rings. The van der Waals surface area contributed by atoms with Crippen LogP contribution in [0.15, 0.2) is 12.2 Å². The van der Waals surface area contributed by atoms with Crippen molar-refractivity contribution in [2.24, 2.45) is 17.3 Å². The summed E-state index contributed by atoms with van der Waals surface area (Å²) in [6.07, 6.45) is 3.48. The number of allylic oxidation sites excluding steroid dienone is 1. The molecule has 3 atom stereocenters. The highest BCUT2D eigenvalue weighted by atomic mass is 16.7. The fraction of sp³-hybridized carbons (Fsp3) is 0.800. The molecule has 0 saturated heterocycles. The molecule has 0 spiro atoms. The minimum Gasteiger partial charge on any atom is -0.428 e. The minimum atomic E-state index is -0.415. The third-order valence-electron chi connectivity index (χ3n) is 6.21. The average Bonchev–Trinajstić information content (AvgIpc) is 3.08. The summed E-state index contributed by atoms with van der Waals surface area (Å²) < 4.78 is 9.91. The zero-order chi connectivity index (χ0) is 19.4. The van der Waals surface area contributed by atoms with Crippen molar-refractivity contribution in [1.82, 2.24) is 4.90 Å². The van der Waals surface area contributed by atoms with Crippen molar-refractivity contribution in [1.29, 1.82) is 0 Å². The molecule has 5 nitrogen and oxygen atoms in total. The van der Waals surface area contributed by atoms with E-state index in [1.54, 1.807) is 18.9 Å². The van der Waals surface area contributed by atoms with Gasteiger partial charge in [0.2, 0.25) is 6.79 Å². The lowest BCUT2D eigenvalue weighted by Crippen LogP contribution is -2.59. The number of carbonyl (C=O) groups is 2. The molecule has 2 bridgehead atoms. The molecular formula is C20H35NO4. The van der Waals surface area contributed by atoms with E-state index in [4.69, 9.17) is 9.47 Å². The van der Waals surface area contributed by atoms with E-state index in [-0.39, 0.29) is 30.1 Å². The Hall–Kier alpha value is -1.52. The number of rotatable bonds is 4. The standard InChI is InChI=1S/C16H27NO4.C4H8/c1-6-13(18)20-10-21-14(19)17(5)16(4)12-8-7-11(9-12)15(16,2)3;1-4(2)3/h11-12H,6-10H2,1-5H3;1H2,2-3H3. The molecule has 2 fully saturated rings. The largest absolute Gasteiger partial charge is 0.428 e. The number of carbonyl (C=O) groups excluding carboxylic acids is 2. The van der Waals surface area contributed by atoms with Crippen LogP contribution >= 0.6 is 0 Å². The number of ether oxygens (including phenoxy) is 2. The van der Waals surface area contributed by atoms with Crippen LogP contribution in [0.5, 0.6) is 0 Å². The van der Waals surface area contributed by atoms with Gasteiger partial charge in [-0.15, -0.1) is 6.58 Å². The first-order valence-corrected chi connectivity index (χ1v) is 9.16. The van der Waals surface area contributed by atoms with Gasteiger partial charge < -0.3 is 14.4 Å². The number of nitrogens with zero attached hydrogens (tertiary/aromatic N) is 1. The predicted octanol–water partition coefficient (Wildman–Crippen LogP) is 4.76. The van der Waals surface area contributed by atoms with Crippen LogP contribution in [0.4, 0.5) is 4.79 Å². The number of amides is 1. The maximum Gasteiger partial charge on any atom is 0.412 e. The highest BCUT2D eigenvalue weighted by Gasteiger charge is 2.63. The molecule has 144 valence electrons. The SMILES string of the molecule is C=C(C)C.CCC(=O)OCOC(=O)N(C)C1(C)C2CCC(C2)C1(C)C. The summed E-state index contributed by atoms with van der Waals surface area (Å²) in [5, 5.41) is 0. The second-order valence-corrected chi connectivity index (χ2v) is 8.24. The van der Waals surface area contributed by atoms with E-state index in [1.807, 2.05) is 13.8 Å². The van der Waals surface area contributed by atoms with Gasteiger partial charge in [0, 0.05) is 13.5 Å². The van der Waals surface area contributed by atoms with Crippen LogP contribution in [-0.2, 0) is 14.3 Å². The van der Waals surface area contributed by atoms with Crippen LogP contribution in [0.1, 0.15) is 67.2 Å². The number of esters is 1. The second-order valence-electron chi connectivity index (χ2n) is 8.24. The second kappa shape index (κ2) is 8.24. The highest BCUT2D eigenvalue weighted by Crippen LogP contribution is 2.63. The van der Waals surface area contributed by atoms with Crippen molar-refractivity contribution < 1.29 is 19.1 Å². The summed E-state index contributed by atoms with van der Waals surface area (Å²) >= 11 is 0. The molecular weight excluding hydrogens is 318 g/mol. The van der Waals surface area contributed by atoms with E-state index < -0.39 is 6.09 Å². The first-order valence-electron chi connectivity index (χ1n) is 9.16. The van der Waals surface area contributed by atoms with E-state index >= 15 is 0 Å². The summed E-state index contributed by atoms with van der Waals surface area (Å²) in [6.45, 7) is 15.6. The molecule has 2 aliphatic carbocycles. The number of hydrogen-bond acceptors (Lipinski definition) is 4. The van der Waals surface area contributed by atoms with E-state index in [2.05, 4.69) is 27.4 Å². The fourth-order valence-electron chi connectivity index (χ4n) is 4.33. The van der Waals surface area contributed by atoms with Gasteiger partial charge in [-0.2, -0.15) is 0 Å². The maximum absolute atomic E-state index is 12.3. The zero-order valence-corrected chi connectivity index (χ0v) is 17.0. The van der Waals surface area contributed by atoms with Crippen LogP contribution < -0.4 is 0 Å². The van der Waals surface area contributed by atoms with E-state index in [9.17, 15) is 9.59 Å². The Labute approximate surface area is 152 Å².